The van der Waals surface area contributed by atoms with Crippen molar-refractivity contribution in [2.75, 3.05) is 33.2 Å². The minimum absolute atomic E-state index is 0.0671. The molecule has 0 aromatic heterocycles. The summed E-state index contributed by atoms with van der Waals surface area (Å²) in [7, 11) is 2.01. The highest BCUT2D eigenvalue weighted by molar-refractivity contribution is 5.95. The Balaban J connectivity index is 1.71. The zero-order chi connectivity index (χ0) is 15.7. The van der Waals surface area contributed by atoms with Crippen LogP contribution in [0.4, 0.5) is 0 Å². The number of likely N-dealkylation sites (N-methyl/N-ethyl adjacent to an activating group) is 1. The molecule has 5 heteroatoms. The average molecular weight is 301 g/mol. The number of hydrogen-bond acceptors (Lipinski definition) is 3. The molecule has 2 fully saturated rings. The van der Waals surface area contributed by atoms with E-state index >= 15 is 0 Å². The van der Waals surface area contributed by atoms with E-state index in [0.717, 1.165) is 17.7 Å². The summed E-state index contributed by atoms with van der Waals surface area (Å²) in [5.41, 5.74) is 1.39. The topological polar surface area (TPSA) is 52.7 Å². The lowest BCUT2D eigenvalue weighted by atomic mass is 9.83. The largest absolute Gasteiger partial charge is 0.353 e. The molecule has 22 heavy (non-hydrogen) atoms. The van der Waals surface area contributed by atoms with Crippen molar-refractivity contribution in [3.05, 3.63) is 35.4 Å². The number of amides is 2. The molecule has 2 saturated heterocycles. The maximum atomic E-state index is 12.6. The van der Waals surface area contributed by atoms with Crippen LogP contribution in [0, 0.1) is 6.92 Å². The Morgan fingerprint density at radius 1 is 1.23 bits per heavy atom. The number of carbonyl (C=O) groups is 2. The Bertz CT molecular complexity index is 591. The molecule has 0 aliphatic carbocycles. The number of carbonyl (C=O) groups excluding carboxylic acids is 2. The smallest absolute Gasteiger partial charge is 0.253 e. The second-order valence-electron chi connectivity index (χ2n) is 6.37. The number of aryl methyl sites for hydroxylation is 1. The van der Waals surface area contributed by atoms with Crippen molar-refractivity contribution in [3.63, 3.8) is 0 Å². The van der Waals surface area contributed by atoms with E-state index in [2.05, 4.69) is 10.2 Å². The Morgan fingerprint density at radius 2 is 1.95 bits per heavy atom. The van der Waals surface area contributed by atoms with Gasteiger partial charge in [0.2, 0.25) is 5.91 Å². The van der Waals surface area contributed by atoms with Crippen LogP contribution in [0.25, 0.3) is 0 Å². The van der Waals surface area contributed by atoms with E-state index in [4.69, 9.17) is 0 Å². The maximum absolute atomic E-state index is 12.6. The summed E-state index contributed by atoms with van der Waals surface area (Å²) >= 11 is 0. The molecule has 0 radical (unpaired) electrons. The first-order chi connectivity index (χ1) is 10.5. The molecular formula is C17H23N3O2. The molecule has 0 bridgehead atoms. The fourth-order valence-corrected chi connectivity index (χ4v) is 3.54. The van der Waals surface area contributed by atoms with Gasteiger partial charge in [0.15, 0.2) is 0 Å². The summed E-state index contributed by atoms with van der Waals surface area (Å²) < 4.78 is 0. The summed E-state index contributed by atoms with van der Waals surface area (Å²) in [6, 6.07) is 7.69. The van der Waals surface area contributed by atoms with Crippen molar-refractivity contribution in [3.8, 4) is 0 Å². The Hall–Kier alpha value is -1.88. The van der Waals surface area contributed by atoms with Crippen LogP contribution in [-0.2, 0) is 4.79 Å². The SMILES string of the molecule is Cc1cccc(C(=O)N2CCC3(CC2)C(=O)NCCN3C)c1. The van der Waals surface area contributed by atoms with Crippen molar-refractivity contribution >= 4 is 11.8 Å². The lowest BCUT2D eigenvalue weighted by Crippen LogP contribution is -2.67. The van der Waals surface area contributed by atoms with Crippen LogP contribution in [0.3, 0.4) is 0 Å². The van der Waals surface area contributed by atoms with Crippen LogP contribution < -0.4 is 5.32 Å². The highest BCUT2D eigenvalue weighted by Gasteiger charge is 2.47. The molecule has 1 spiro atoms. The van der Waals surface area contributed by atoms with Gasteiger partial charge in [0.05, 0.1) is 0 Å². The first-order valence-electron chi connectivity index (χ1n) is 7.88. The van der Waals surface area contributed by atoms with Crippen molar-refractivity contribution in [1.29, 1.82) is 0 Å². The van der Waals surface area contributed by atoms with E-state index in [1.165, 1.54) is 0 Å². The van der Waals surface area contributed by atoms with Gasteiger partial charge in [-0.1, -0.05) is 17.7 Å². The zero-order valence-electron chi connectivity index (χ0n) is 13.3. The molecule has 2 aliphatic heterocycles. The molecule has 5 nitrogen and oxygen atoms in total. The summed E-state index contributed by atoms with van der Waals surface area (Å²) in [6.45, 7) is 4.83. The number of likely N-dealkylation sites (tertiary alicyclic amines) is 1. The van der Waals surface area contributed by atoms with Gasteiger partial charge in [-0.25, -0.2) is 0 Å². The van der Waals surface area contributed by atoms with Crippen molar-refractivity contribution in [2.24, 2.45) is 0 Å². The number of piperazine rings is 1. The van der Waals surface area contributed by atoms with Crippen molar-refractivity contribution in [1.82, 2.24) is 15.1 Å². The molecule has 2 heterocycles. The monoisotopic (exact) mass is 301 g/mol. The van der Waals surface area contributed by atoms with Gasteiger partial charge in [0, 0.05) is 31.7 Å². The number of hydrogen-bond donors (Lipinski definition) is 1. The molecule has 1 aromatic carbocycles. The van der Waals surface area contributed by atoms with Gasteiger partial charge >= 0.3 is 0 Å². The van der Waals surface area contributed by atoms with Gasteiger partial charge in [-0.15, -0.1) is 0 Å². The summed E-state index contributed by atoms with van der Waals surface area (Å²) in [4.78, 5) is 28.9. The lowest BCUT2D eigenvalue weighted by Gasteiger charge is -2.48. The molecule has 1 N–H and O–H groups in total. The van der Waals surface area contributed by atoms with Crippen molar-refractivity contribution in [2.45, 2.75) is 25.3 Å². The van der Waals surface area contributed by atoms with E-state index < -0.39 is 5.54 Å². The fourth-order valence-electron chi connectivity index (χ4n) is 3.54. The van der Waals surface area contributed by atoms with Crippen LogP contribution >= 0.6 is 0 Å². The number of benzene rings is 1. The van der Waals surface area contributed by atoms with Crippen LogP contribution in [0.2, 0.25) is 0 Å². The van der Waals surface area contributed by atoms with Gasteiger partial charge < -0.3 is 10.2 Å². The molecule has 0 saturated carbocycles. The predicted molar refractivity (Wildman–Crippen MR) is 84.7 cm³/mol. The Labute approximate surface area is 131 Å². The van der Waals surface area contributed by atoms with Gasteiger partial charge in [-0.05, 0) is 38.9 Å². The summed E-state index contributed by atoms with van der Waals surface area (Å²) in [6.07, 6.45) is 1.40. The molecule has 2 aliphatic rings. The molecular weight excluding hydrogens is 278 g/mol. The van der Waals surface area contributed by atoms with E-state index in [-0.39, 0.29) is 11.8 Å². The van der Waals surface area contributed by atoms with Gasteiger partial charge in [0.1, 0.15) is 5.54 Å². The Kier molecular flexibility index (Phi) is 3.91. The highest BCUT2D eigenvalue weighted by atomic mass is 16.2. The van der Waals surface area contributed by atoms with Crippen LogP contribution in [0.1, 0.15) is 28.8 Å². The number of nitrogens with zero attached hydrogens (tertiary/aromatic N) is 2. The molecule has 118 valence electrons. The van der Waals surface area contributed by atoms with Gasteiger partial charge in [-0.3, -0.25) is 14.5 Å². The predicted octanol–water partition coefficient (Wildman–Crippen LogP) is 1.03. The Morgan fingerprint density at radius 3 is 2.59 bits per heavy atom. The second-order valence-corrected chi connectivity index (χ2v) is 6.37. The molecule has 3 rings (SSSR count). The molecule has 0 atom stereocenters. The zero-order valence-corrected chi connectivity index (χ0v) is 13.3. The minimum Gasteiger partial charge on any atom is -0.353 e. The van der Waals surface area contributed by atoms with Crippen LogP contribution in [0.5, 0.6) is 0 Å². The summed E-state index contributed by atoms with van der Waals surface area (Å²) in [5, 5.41) is 2.97. The normalized spacial score (nSPS) is 21.7. The number of rotatable bonds is 1. The third-order valence-corrected chi connectivity index (χ3v) is 5.03. The first kappa shape index (κ1) is 15.0. The first-order valence-corrected chi connectivity index (χ1v) is 7.88. The summed E-state index contributed by atoms with van der Waals surface area (Å²) in [5.74, 6) is 0.182. The second kappa shape index (κ2) is 5.72. The van der Waals surface area contributed by atoms with E-state index in [1.807, 2.05) is 43.1 Å². The van der Waals surface area contributed by atoms with Crippen molar-refractivity contribution < 1.29 is 9.59 Å². The third-order valence-electron chi connectivity index (χ3n) is 5.03. The van der Waals surface area contributed by atoms with Gasteiger partial charge in [-0.2, -0.15) is 0 Å². The van der Waals surface area contributed by atoms with Crippen LogP contribution in [0.15, 0.2) is 24.3 Å². The fraction of sp³-hybridized carbons (Fsp3) is 0.529. The quantitative estimate of drug-likeness (QED) is 0.843. The molecule has 0 unspecified atom stereocenters. The standard InChI is InChI=1S/C17H23N3O2/c1-13-4-3-5-14(12-13)15(21)20-9-6-17(7-10-20)16(22)18-8-11-19(17)2/h3-5,12H,6-11H2,1-2H3,(H,18,22). The van der Waals surface area contributed by atoms with E-state index in [9.17, 15) is 9.59 Å². The average Bonchev–Trinajstić information content (AvgIpc) is 2.53. The number of piperidine rings is 1. The maximum Gasteiger partial charge on any atom is 0.253 e. The van der Waals surface area contributed by atoms with Crippen LogP contribution in [-0.4, -0.2) is 60.4 Å². The van der Waals surface area contributed by atoms with E-state index in [0.29, 0.717) is 32.5 Å². The molecule has 2 amide bonds. The van der Waals surface area contributed by atoms with Gasteiger partial charge in [0.25, 0.3) is 5.91 Å². The highest BCUT2D eigenvalue weighted by Crippen LogP contribution is 2.30. The molecule has 1 aromatic rings. The van der Waals surface area contributed by atoms with E-state index in [1.54, 1.807) is 0 Å². The number of nitrogens with one attached hydrogen (secondary N) is 1. The minimum atomic E-state index is -0.429. The lowest BCUT2D eigenvalue weighted by molar-refractivity contribution is -0.139. The third kappa shape index (κ3) is 2.50.